The molecule has 0 radical (unpaired) electrons. The Labute approximate surface area is 141 Å². The molecule has 2 aromatic heterocycles. The maximum atomic E-state index is 12.9. The van der Waals surface area contributed by atoms with E-state index in [9.17, 15) is 18.0 Å². The molecule has 25 heavy (non-hydrogen) atoms. The molecule has 3 heterocycles. The third-order valence-corrected chi connectivity index (χ3v) is 4.01. The molecule has 1 aliphatic heterocycles. The van der Waals surface area contributed by atoms with Gasteiger partial charge in [0.2, 0.25) is 0 Å². The van der Waals surface area contributed by atoms with Crippen molar-refractivity contribution in [2.45, 2.75) is 39.0 Å². The largest absolute Gasteiger partial charge is 0.463 e. The number of fused-ring (bicyclic) bond motifs is 1. The predicted octanol–water partition coefficient (Wildman–Crippen LogP) is 2.31. The molecule has 0 N–H and O–H groups in total. The van der Waals surface area contributed by atoms with Gasteiger partial charge in [-0.15, -0.1) is 15.3 Å². The van der Waals surface area contributed by atoms with Crippen molar-refractivity contribution in [3.05, 3.63) is 18.0 Å². The highest BCUT2D eigenvalue weighted by Gasteiger charge is 2.38. The van der Waals surface area contributed by atoms with Crippen LogP contribution in [0.15, 0.2) is 12.1 Å². The fourth-order valence-corrected chi connectivity index (χ4v) is 2.80. The highest BCUT2D eigenvalue weighted by atomic mass is 19.4. The second-order valence-electron chi connectivity index (χ2n) is 6.23. The van der Waals surface area contributed by atoms with Gasteiger partial charge < -0.3 is 9.64 Å². The van der Waals surface area contributed by atoms with Gasteiger partial charge >= 0.3 is 12.1 Å². The standard InChI is InChI=1S/C15H18F3N5O2/c1-9(2)25-13(24)10-5-7-22(8-6-10)12-4-3-11-19-20-14(15(16,17)18)23(11)21-12/h3-4,9-10H,5-8H2,1-2H3. The van der Waals surface area contributed by atoms with E-state index in [1.165, 1.54) is 6.07 Å². The zero-order valence-corrected chi connectivity index (χ0v) is 13.8. The van der Waals surface area contributed by atoms with Crippen LogP contribution in [0, 0.1) is 5.92 Å². The summed E-state index contributed by atoms with van der Waals surface area (Å²) in [6.07, 6.45) is -3.65. The summed E-state index contributed by atoms with van der Waals surface area (Å²) in [5.74, 6) is -1.17. The molecule has 136 valence electrons. The molecule has 10 heteroatoms. The third kappa shape index (κ3) is 3.67. The molecule has 7 nitrogen and oxygen atoms in total. The Morgan fingerprint density at radius 3 is 2.52 bits per heavy atom. The monoisotopic (exact) mass is 357 g/mol. The minimum atomic E-state index is -4.63. The maximum absolute atomic E-state index is 12.9. The Morgan fingerprint density at radius 1 is 1.24 bits per heavy atom. The van der Waals surface area contributed by atoms with Crippen LogP contribution in [0.2, 0.25) is 0 Å². The smallest absolute Gasteiger partial charge is 0.453 e. The Morgan fingerprint density at radius 2 is 1.92 bits per heavy atom. The summed E-state index contributed by atoms with van der Waals surface area (Å²) in [6.45, 7) is 4.62. The molecule has 0 aromatic carbocycles. The number of anilines is 1. The van der Waals surface area contributed by atoms with E-state index in [0.29, 0.717) is 36.3 Å². The highest BCUT2D eigenvalue weighted by Crippen LogP contribution is 2.28. The summed E-state index contributed by atoms with van der Waals surface area (Å²) in [4.78, 5) is 13.8. The lowest BCUT2D eigenvalue weighted by Crippen LogP contribution is -2.38. The van der Waals surface area contributed by atoms with Crippen LogP contribution in [0.25, 0.3) is 5.65 Å². The van der Waals surface area contributed by atoms with Crippen molar-refractivity contribution in [2.75, 3.05) is 18.0 Å². The first-order chi connectivity index (χ1) is 11.8. The van der Waals surface area contributed by atoms with Gasteiger partial charge in [0.25, 0.3) is 5.82 Å². The molecule has 0 aliphatic carbocycles. The molecule has 0 bridgehead atoms. The van der Waals surface area contributed by atoms with Gasteiger partial charge in [-0.25, -0.2) is 0 Å². The third-order valence-electron chi connectivity index (χ3n) is 4.01. The molecule has 0 atom stereocenters. The molecule has 1 saturated heterocycles. The normalized spacial score (nSPS) is 16.6. The number of hydrogen-bond donors (Lipinski definition) is 0. The van der Waals surface area contributed by atoms with Gasteiger partial charge in [0.05, 0.1) is 12.0 Å². The molecule has 0 spiro atoms. The highest BCUT2D eigenvalue weighted by molar-refractivity contribution is 5.73. The summed E-state index contributed by atoms with van der Waals surface area (Å²) in [7, 11) is 0. The number of halogens is 3. The van der Waals surface area contributed by atoms with Crippen molar-refractivity contribution in [1.82, 2.24) is 19.8 Å². The van der Waals surface area contributed by atoms with E-state index in [2.05, 4.69) is 15.3 Å². The number of nitrogens with zero attached hydrogens (tertiary/aromatic N) is 5. The first-order valence-corrected chi connectivity index (χ1v) is 8.01. The van der Waals surface area contributed by atoms with E-state index in [4.69, 9.17) is 4.74 Å². The number of hydrogen-bond acceptors (Lipinski definition) is 6. The number of carbonyl (C=O) groups is 1. The number of esters is 1. The van der Waals surface area contributed by atoms with Gasteiger partial charge in [-0.2, -0.15) is 17.7 Å². The molecule has 2 aromatic rings. The Balaban J connectivity index is 1.74. The molecule has 1 fully saturated rings. The zero-order chi connectivity index (χ0) is 18.2. The van der Waals surface area contributed by atoms with Crippen LogP contribution in [-0.2, 0) is 15.7 Å². The lowest BCUT2D eigenvalue weighted by Gasteiger charge is -2.31. The van der Waals surface area contributed by atoms with Crippen molar-refractivity contribution in [3.8, 4) is 0 Å². The average molecular weight is 357 g/mol. The summed E-state index contributed by atoms with van der Waals surface area (Å²) >= 11 is 0. The zero-order valence-electron chi connectivity index (χ0n) is 13.8. The van der Waals surface area contributed by atoms with Crippen molar-refractivity contribution in [3.63, 3.8) is 0 Å². The van der Waals surface area contributed by atoms with E-state index < -0.39 is 12.0 Å². The van der Waals surface area contributed by atoms with Crippen LogP contribution < -0.4 is 4.90 Å². The molecule has 0 unspecified atom stereocenters. The molecule has 0 saturated carbocycles. The Kier molecular flexibility index (Phi) is 4.53. The summed E-state index contributed by atoms with van der Waals surface area (Å²) in [5, 5.41) is 10.7. The van der Waals surface area contributed by atoms with E-state index in [-0.39, 0.29) is 23.6 Å². The van der Waals surface area contributed by atoms with Crippen LogP contribution in [0.1, 0.15) is 32.5 Å². The lowest BCUT2D eigenvalue weighted by molar-refractivity contribution is -0.153. The lowest BCUT2D eigenvalue weighted by atomic mass is 9.97. The fraction of sp³-hybridized carbons (Fsp3) is 0.600. The van der Waals surface area contributed by atoms with Crippen LogP contribution >= 0.6 is 0 Å². The van der Waals surface area contributed by atoms with Gasteiger partial charge in [-0.05, 0) is 38.8 Å². The van der Waals surface area contributed by atoms with Gasteiger partial charge in [-0.1, -0.05) is 0 Å². The number of ether oxygens (including phenoxy) is 1. The van der Waals surface area contributed by atoms with E-state index in [1.54, 1.807) is 19.9 Å². The van der Waals surface area contributed by atoms with E-state index in [0.717, 1.165) is 0 Å². The number of aromatic nitrogens is 4. The second-order valence-corrected chi connectivity index (χ2v) is 6.23. The fourth-order valence-electron chi connectivity index (χ4n) is 2.80. The molecule has 0 amide bonds. The quantitative estimate of drug-likeness (QED) is 0.785. The van der Waals surface area contributed by atoms with Gasteiger partial charge in [0.15, 0.2) is 5.65 Å². The Hall–Kier alpha value is -2.39. The summed E-state index contributed by atoms with van der Waals surface area (Å²) in [5.41, 5.74) is 0.0338. The molecular weight excluding hydrogens is 339 g/mol. The summed E-state index contributed by atoms with van der Waals surface area (Å²) in [6, 6.07) is 3.06. The molecular formula is C15H18F3N5O2. The number of carbonyl (C=O) groups excluding carboxylic acids is 1. The Bertz CT molecular complexity index is 766. The first-order valence-electron chi connectivity index (χ1n) is 8.01. The van der Waals surface area contributed by atoms with Crippen LogP contribution in [0.5, 0.6) is 0 Å². The molecule has 3 rings (SSSR count). The first kappa shape index (κ1) is 17.4. The topological polar surface area (TPSA) is 72.6 Å². The van der Waals surface area contributed by atoms with Gasteiger partial charge in [-0.3, -0.25) is 4.79 Å². The predicted molar refractivity (Wildman–Crippen MR) is 81.9 cm³/mol. The van der Waals surface area contributed by atoms with Gasteiger partial charge in [0, 0.05) is 13.1 Å². The van der Waals surface area contributed by atoms with Crippen LogP contribution in [0.3, 0.4) is 0 Å². The number of alkyl halides is 3. The van der Waals surface area contributed by atoms with Crippen molar-refractivity contribution >= 4 is 17.4 Å². The van der Waals surface area contributed by atoms with E-state index >= 15 is 0 Å². The number of rotatable bonds is 3. The van der Waals surface area contributed by atoms with Crippen molar-refractivity contribution < 1.29 is 22.7 Å². The van der Waals surface area contributed by atoms with Crippen molar-refractivity contribution in [1.29, 1.82) is 0 Å². The van der Waals surface area contributed by atoms with Gasteiger partial charge in [0.1, 0.15) is 5.82 Å². The average Bonchev–Trinajstić information content (AvgIpc) is 2.97. The van der Waals surface area contributed by atoms with Crippen LogP contribution in [-0.4, -0.2) is 45.0 Å². The van der Waals surface area contributed by atoms with E-state index in [1.807, 2.05) is 4.90 Å². The minimum absolute atomic E-state index is 0.0338. The summed E-state index contributed by atoms with van der Waals surface area (Å²) < 4.78 is 44.7. The number of piperidine rings is 1. The van der Waals surface area contributed by atoms with Crippen molar-refractivity contribution in [2.24, 2.45) is 5.92 Å². The minimum Gasteiger partial charge on any atom is -0.463 e. The van der Waals surface area contributed by atoms with Crippen LogP contribution in [0.4, 0.5) is 19.0 Å². The second kappa shape index (κ2) is 6.49. The maximum Gasteiger partial charge on any atom is 0.453 e. The SMILES string of the molecule is CC(C)OC(=O)C1CCN(c2ccc3nnc(C(F)(F)F)n3n2)CC1. The molecule has 1 aliphatic rings.